The van der Waals surface area contributed by atoms with E-state index in [2.05, 4.69) is 26.1 Å². The van der Waals surface area contributed by atoms with Gasteiger partial charge < -0.3 is 4.74 Å². The average molecular weight is 437 g/mol. The van der Waals surface area contributed by atoms with Crippen molar-refractivity contribution >= 4 is 47.1 Å². The summed E-state index contributed by atoms with van der Waals surface area (Å²) in [6.07, 6.45) is 1.41. The van der Waals surface area contributed by atoms with Gasteiger partial charge >= 0.3 is 0 Å². The lowest BCUT2D eigenvalue weighted by Crippen LogP contribution is -2.20. The molecule has 2 aromatic carbocycles. The van der Waals surface area contributed by atoms with Crippen LogP contribution in [0.15, 0.2) is 52.7 Å². The summed E-state index contributed by atoms with van der Waals surface area (Å²) in [4.78, 5) is 12.1. The Hall–Kier alpha value is -2.62. The van der Waals surface area contributed by atoms with Crippen LogP contribution in [0.1, 0.15) is 5.56 Å². The monoisotopic (exact) mass is 436 g/mol. The van der Waals surface area contributed by atoms with Gasteiger partial charge in [0.05, 0.1) is 29.8 Å². The van der Waals surface area contributed by atoms with Gasteiger partial charge in [-0.3, -0.25) is 4.79 Å². The minimum Gasteiger partial charge on any atom is -0.495 e. The molecule has 144 valence electrons. The van der Waals surface area contributed by atoms with Gasteiger partial charge in [0.2, 0.25) is 5.16 Å². The molecule has 0 saturated heterocycles. The number of ether oxygens (including phenoxy) is 1. The number of hydrogen-bond acceptors (Lipinski definition) is 7. The zero-order valence-corrected chi connectivity index (χ0v) is 16.9. The predicted octanol–water partition coefficient (Wildman–Crippen LogP) is 3.22. The average Bonchev–Trinajstić information content (AvgIpc) is 3.15. The summed E-state index contributed by atoms with van der Waals surface area (Å²) in [5.74, 6) is 0.175. The van der Waals surface area contributed by atoms with Crippen LogP contribution < -0.4 is 10.2 Å². The molecule has 3 aromatic rings. The maximum Gasteiger partial charge on any atom is 0.250 e. The highest BCUT2D eigenvalue weighted by atomic mass is 35.5. The molecule has 1 aromatic heterocycles. The molecular formula is C17H14Cl2N6O2S. The Bertz CT molecular complexity index is 997. The highest BCUT2D eigenvalue weighted by Crippen LogP contribution is 2.31. The van der Waals surface area contributed by atoms with Crippen molar-refractivity contribution in [2.75, 3.05) is 12.9 Å². The zero-order chi connectivity index (χ0) is 19.9. The van der Waals surface area contributed by atoms with E-state index in [0.29, 0.717) is 26.5 Å². The number of tetrazole rings is 1. The molecule has 0 spiro atoms. The standard InChI is InChI=1S/C17H14Cl2N6O2S/c1-27-16-11(7-12(18)8-14(16)19)9-20-21-15(26)10-28-17-22-23-24-25(17)13-5-3-2-4-6-13/h2-9H,10H2,1H3,(H,21,26). The van der Waals surface area contributed by atoms with Gasteiger partial charge in [-0.25, -0.2) is 5.43 Å². The van der Waals surface area contributed by atoms with Gasteiger partial charge in [0, 0.05) is 10.6 Å². The lowest BCUT2D eigenvalue weighted by atomic mass is 10.2. The van der Waals surface area contributed by atoms with Gasteiger partial charge in [0.25, 0.3) is 5.91 Å². The van der Waals surface area contributed by atoms with Gasteiger partial charge in [-0.1, -0.05) is 53.2 Å². The second-order valence-electron chi connectivity index (χ2n) is 5.30. The van der Waals surface area contributed by atoms with E-state index in [4.69, 9.17) is 27.9 Å². The van der Waals surface area contributed by atoms with Crippen molar-refractivity contribution in [2.45, 2.75) is 5.16 Å². The molecule has 0 unspecified atom stereocenters. The number of methoxy groups -OCH3 is 1. The highest BCUT2D eigenvalue weighted by molar-refractivity contribution is 7.99. The molecule has 8 nitrogen and oxygen atoms in total. The Morgan fingerprint density at radius 2 is 2.11 bits per heavy atom. The normalized spacial score (nSPS) is 11.0. The zero-order valence-electron chi connectivity index (χ0n) is 14.5. The summed E-state index contributed by atoms with van der Waals surface area (Å²) >= 11 is 13.2. The maximum absolute atomic E-state index is 12.1. The van der Waals surface area contributed by atoms with Gasteiger partial charge in [-0.15, -0.1) is 5.10 Å². The van der Waals surface area contributed by atoms with Crippen LogP contribution in [0.4, 0.5) is 0 Å². The van der Waals surface area contributed by atoms with Crippen molar-refractivity contribution in [1.29, 1.82) is 0 Å². The molecule has 0 atom stereocenters. The first-order chi connectivity index (χ1) is 13.6. The van der Waals surface area contributed by atoms with Crippen molar-refractivity contribution in [2.24, 2.45) is 5.10 Å². The fourth-order valence-corrected chi connectivity index (χ4v) is 3.50. The van der Waals surface area contributed by atoms with Crippen LogP contribution in [0.3, 0.4) is 0 Å². The minimum absolute atomic E-state index is 0.0813. The first-order valence-corrected chi connectivity index (χ1v) is 9.64. The number of rotatable bonds is 7. The van der Waals surface area contributed by atoms with Crippen LogP contribution in [-0.2, 0) is 4.79 Å². The molecule has 0 radical (unpaired) electrons. The number of benzene rings is 2. The molecule has 1 amide bonds. The smallest absolute Gasteiger partial charge is 0.250 e. The number of thioether (sulfide) groups is 1. The summed E-state index contributed by atoms with van der Waals surface area (Å²) in [6.45, 7) is 0. The first-order valence-electron chi connectivity index (χ1n) is 7.90. The lowest BCUT2D eigenvalue weighted by molar-refractivity contribution is -0.118. The Balaban J connectivity index is 1.59. The molecule has 0 bridgehead atoms. The highest BCUT2D eigenvalue weighted by Gasteiger charge is 2.11. The van der Waals surface area contributed by atoms with Crippen LogP contribution in [0, 0.1) is 0 Å². The summed E-state index contributed by atoms with van der Waals surface area (Å²) in [5.41, 5.74) is 3.78. The van der Waals surface area contributed by atoms with Crippen LogP contribution >= 0.6 is 35.0 Å². The van der Waals surface area contributed by atoms with E-state index < -0.39 is 0 Å². The molecule has 1 N–H and O–H groups in total. The second kappa shape index (κ2) is 9.54. The van der Waals surface area contributed by atoms with E-state index in [1.54, 1.807) is 16.8 Å². The number of carbonyl (C=O) groups is 1. The second-order valence-corrected chi connectivity index (χ2v) is 7.09. The molecule has 0 aliphatic rings. The molecule has 0 fully saturated rings. The van der Waals surface area contributed by atoms with E-state index >= 15 is 0 Å². The Labute approximate surface area is 174 Å². The fraction of sp³-hybridized carbons (Fsp3) is 0.118. The quantitative estimate of drug-likeness (QED) is 0.347. The maximum atomic E-state index is 12.1. The number of carbonyl (C=O) groups excluding carboxylic acids is 1. The third-order valence-corrected chi connectivity index (χ3v) is 4.83. The van der Waals surface area contributed by atoms with E-state index in [-0.39, 0.29) is 11.7 Å². The number of para-hydroxylation sites is 1. The van der Waals surface area contributed by atoms with Crippen molar-refractivity contribution in [3.8, 4) is 11.4 Å². The van der Waals surface area contributed by atoms with Crippen LogP contribution in [0.5, 0.6) is 5.75 Å². The van der Waals surface area contributed by atoms with E-state index in [1.807, 2.05) is 30.3 Å². The summed E-state index contributed by atoms with van der Waals surface area (Å²) in [7, 11) is 1.48. The lowest BCUT2D eigenvalue weighted by Gasteiger charge is -2.07. The van der Waals surface area contributed by atoms with Gasteiger partial charge in [-0.05, 0) is 34.7 Å². The van der Waals surface area contributed by atoms with Gasteiger partial charge in [-0.2, -0.15) is 9.78 Å². The number of halogens is 2. The number of nitrogens with zero attached hydrogens (tertiary/aromatic N) is 5. The fourth-order valence-electron chi connectivity index (χ4n) is 2.23. The Kier molecular flexibility index (Phi) is 6.85. The predicted molar refractivity (Wildman–Crippen MR) is 109 cm³/mol. The third-order valence-electron chi connectivity index (χ3n) is 3.41. The number of nitrogens with one attached hydrogen (secondary N) is 1. The number of hydrogen-bond donors (Lipinski definition) is 1. The first kappa shape index (κ1) is 20.1. The van der Waals surface area contributed by atoms with E-state index in [1.165, 1.54) is 25.1 Å². The van der Waals surface area contributed by atoms with Crippen LogP contribution in [-0.4, -0.2) is 45.2 Å². The molecule has 0 aliphatic carbocycles. The van der Waals surface area contributed by atoms with Crippen molar-refractivity contribution in [3.05, 3.63) is 58.1 Å². The summed E-state index contributed by atoms with van der Waals surface area (Å²) in [6, 6.07) is 12.6. The van der Waals surface area contributed by atoms with Crippen molar-refractivity contribution in [1.82, 2.24) is 25.6 Å². The Morgan fingerprint density at radius 3 is 2.86 bits per heavy atom. The SMILES string of the molecule is COc1c(Cl)cc(Cl)cc1C=NNC(=O)CSc1nnnn1-c1ccccc1. The molecule has 11 heteroatoms. The molecular weight excluding hydrogens is 423 g/mol. The topological polar surface area (TPSA) is 94.3 Å². The molecule has 3 rings (SSSR count). The molecule has 0 aliphatic heterocycles. The van der Waals surface area contributed by atoms with Crippen molar-refractivity contribution < 1.29 is 9.53 Å². The number of hydrazone groups is 1. The van der Waals surface area contributed by atoms with Crippen LogP contribution in [0.25, 0.3) is 5.69 Å². The van der Waals surface area contributed by atoms with Gasteiger partial charge in [0.1, 0.15) is 5.75 Å². The van der Waals surface area contributed by atoms with E-state index in [9.17, 15) is 4.79 Å². The minimum atomic E-state index is -0.323. The molecule has 0 saturated carbocycles. The van der Waals surface area contributed by atoms with E-state index in [0.717, 1.165) is 5.69 Å². The summed E-state index contributed by atoms with van der Waals surface area (Å²) in [5, 5.41) is 16.7. The third kappa shape index (κ3) is 5.00. The number of aromatic nitrogens is 4. The van der Waals surface area contributed by atoms with Gasteiger partial charge in [0.15, 0.2) is 0 Å². The molecule has 1 heterocycles. The van der Waals surface area contributed by atoms with Crippen molar-refractivity contribution in [3.63, 3.8) is 0 Å². The Morgan fingerprint density at radius 1 is 1.32 bits per heavy atom. The summed E-state index contributed by atoms with van der Waals surface area (Å²) < 4.78 is 6.77. The molecule has 28 heavy (non-hydrogen) atoms. The number of amides is 1. The largest absolute Gasteiger partial charge is 0.495 e. The van der Waals surface area contributed by atoms with Crippen LogP contribution in [0.2, 0.25) is 10.0 Å².